The topological polar surface area (TPSA) is 105 Å². The number of carbonyl (C=O) groups is 4. The van der Waals surface area contributed by atoms with Crippen LogP contribution < -0.4 is 15.4 Å². The van der Waals surface area contributed by atoms with Gasteiger partial charge in [0.2, 0.25) is 0 Å². The van der Waals surface area contributed by atoms with Crippen LogP contribution in [0, 0.1) is 5.82 Å². The average Bonchev–Trinajstić information content (AvgIpc) is 2.98. The number of carbonyl (C=O) groups excluding carboxylic acids is 4. The lowest BCUT2D eigenvalue weighted by molar-refractivity contribution is -0.131. The number of ketones is 1. The molecule has 0 saturated carbocycles. The summed E-state index contributed by atoms with van der Waals surface area (Å²) in [6, 6.07) is 9.09. The van der Waals surface area contributed by atoms with Gasteiger partial charge in [-0.2, -0.15) is 0 Å². The van der Waals surface area contributed by atoms with Crippen LogP contribution >= 0.6 is 0 Å². The second kappa shape index (κ2) is 7.25. The molecule has 4 rings (SSSR count). The highest BCUT2D eigenvalue weighted by Crippen LogP contribution is 2.33. The van der Waals surface area contributed by atoms with Gasteiger partial charge in [-0.1, -0.05) is 19.1 Å². The molecular formula is C21H18FN3O5. The molecule has 0 bridgehead atoms. The first kappa shape index (κ1) is 19.6. The zero-order valence-electron chi connectivity index (χ0n) is 16.0. The summed E-state index contributed by atoms with van der Waals surface area (Å²) in [5, 5.41) is 5.26. The molecule has 2 aromatic carbocycles. The number of hydrogen-bond donors (Lipinski definition) is 2. The Balaban J connectivity index is 1.57. The van der Waals surface area contributed by atoms with E-state index in [9.17, 15) is 23.6 Å². The number of nitrogens with one attached hydrogen (secondary N) is 2. The van der Waals surface area contributed by atoms with Crippen LogP contribution in [0.25, 0.3) is 0 Å². The molecule has 8 nitrogen and oxygen atoms in total. The molecule has 1 fully saturated rings. The molecule has 154 valence electrons. The molecule has 0 aromatic heterocycles. The number of fused-ring (bicyclic) bond motifs is 1. The lowest BCUT2D eigenvalue weighted by Gasteiger charge is -2.25. The van der Waals surface area contributed by atoms with Crippen LogP contribution in [0.3, 0.4) is 0 Å². The number of rotatable bonds is 5. The highest BCUT2D eigenvalue weighted by molar-refractivity contribution is 6.11. The zero-order chi connectivity index (χ0) is 21.5. The van der Waals surface area contributed by atoms with Gasteiger partial charge in [-0.3, -0.25) is 19.3 Å². The van der Waals surface area contributed by atoms with Crippen LogP contribution in [0.1, 0.15) is 29.3 Å². The van der Waals surface area contributed by atoms with Crippen LogP contribution in [0.5, 0.6) is 5.75 Å². The maximum atomic E-state index is 13.3. The summed E-state index contributed by atoms with van der Waals surface area (Å²) in [5.41, 5.74) is -0.351. The molecule has 0 radical (unpaired) electrons. The number of hydrogen-bond acceptors (Lipinski definition) is 5. The molecule has 1 atom stereocenters. The van der Waals surface area contributed by atoms with Crippen molar-refractivity contribution in [1.82, 2.24) is 10.2 Å². The Labute approximate surface area is 171 Å². The van der Waals surface area contributed by atoms with Crippen molar-refractivity contribution in [2.45, 2.75) is 18.9 Å². The predicted molar refractivity (Wildman–Crippen MR) is 104 cm³/mol. The normalized spacial score (nSPS) is 20.3. The first-order valence-corrected chi connectivity index (χ1v) is 9.34. The van der Waals surface area contributed by atoms with Crippen LogP contribution in [0.2, 0.25) is 0 Å². The maximum absolute atomic E-state index is 13.3. The number of Topliss-reactive ketones (excluding diaryl/α,β-unsaturated/α-hetero) is 1. The molecule has 0 spiro atoms. The Kier molecular flexibility index (Phi) is 4.73. The van der Waals surface area contributed by atoms with Crippen molar-refractivity contribution in [3.63, 3.8) is 0 Å². The number of nitrogens with zero attached hydrogens (tertiary/aromatic N) is 1. The number of imide groups is 1. The van der Waals surface area contributed by atoms with Crippen molar-refractivity contribution in [3.8, 4) is 5.75 Å². The molecule has 2 aliphatic rings. The first-order chi connectivity index (χ1) is 14.3. The van der Waals surface area contributed by atoms with E-state index in [1.165, 1.54) is 36.4 Å². The van der Waals surface area contributed by atoms with Crippen LogP contribution in [0.4, 0.5) is 14.9 Å². The van der Waals surface area contributed by atoms with Crippen molar-refractivity contribution >= 4 is 29.3 Å². The summed E-state index contributed by atoms with van der Waals surface area (Å²) in [4.78, 5) is 50.7. The fraction of sp³-hybridized carbons (Fsp3) is 0.238. The quantitative estimate of drug-likeness (QED) is 0.580. The second-order valence-electron chi connectivity index (χ2n) is 7.06. The Hall–Kier alpha value is -3.75. The third-order valence-corrected chi connectivity index (χ3v) is 5.28. The van der Waals surface area contributed by atoms with Crippen LogP contribution in [-0.4, -0.2) is 41.7 Å². The zero-order valence-corrected chi connectivity index (χ0v) is 16.0. The molecule has 0 unspecified atom stereocenters. The van der Waals surface area contributed by atoms with Crippen LogP contribution in [0.15, 0.2) is 42.5 Å². The Morgan fingerprint density at radius 2 is 1.90 bits per heavy atom. The van der Waals surface area contributed by atoms with Gasteiger partial charge in [-0.25, -0.2) is 9.18 Å². The lowest BCUT2D eigenvalue weighted by Crippen LogP contribution is -2.43. The van der Waals surface area contributed by atoms with Crippen molar-refractivity contribution in [3.05, 3.63) is 59.4 Å². The van der Waals surface area contributed by atoms with E-state index >= 15 is 0 Å². The molecule has 0 aliphatic carbocycles. The van der Waals surface area contributed by atoms with Crippen molar-refractivity contribution in [2.75, 3.05) is 18.5 Å². The summed E-state index contributed by atoms with van der Waals surface area (Å²) in [6.07, 6.45) is 0.232. The summed E-state index contributed by atoms with van der Waals surface area (Å²) >= 11 is 0. The number of benzene rings is 2. The van der Waals surface area contributed by atoms with Gasteiger partial charge in [0.15, 0.2) is 12.4 Å². The summed E-state index contributed by atoms with van der Waals surface area (Å²) in [6.45, 7) is 1.14. The SMILES string of the molecule is CC[C@]1(c2ccc(F)cc2)NC(=O)N(CC(=O)c2ccc3c(c2)NC(=O)CO3)C1=O. The monoisotopic (exact) mass is 411 g/mol. The number of urea groups is 1. The van der Waals surface area contributed by atoms with E-state index in [0.29, 0.717) is 17.0 Å². The van der Waals surface area contributed by atoms with Crippen molar-refractivity contribution in [1.29, 1.82) is 0 Å². The first-order valence-electron chi connectivity index (χ1n) is 9.34. The second-order valence-corrected chi connectivity index (χ2v) is 7.06. The molecule has 4 amide bonds. The smallest absolute Gasteiger partial charge is 0.325 e. The minimum Gasteiger partial charge on any atom is -0.482 e. The third-order valence-electron chi connectivity index (χ3n) is 5.28. The van der Waals surface area contributed by atoms with Gasteiger partial charge in [-0.15, -0.1) is 0 Å². The van der Waals surface area contributed by atoms with Gasteiger partial charge in [-0.05, 0) is 42.3 Å². The highest BCUT2D eigenvalue weighted by atomic mass is 19.1. The lowest BCUT2D eigenvalue weighted by atomic mass is 9.87. The molecule has 2 N–H and O–H groups in total. The largest absolute Gasteiger partial charge is 0.482 e. The van der Waals surface area contributed by atoms with E-state index in [1.807, 2.05) is 0 Å². The molecule has 30 heavy (non-hydrogen) atoms. The summed E-state index contributed by atoms with van der Waals surface area (Å²) in [5.74, 6) is -1.43. The van der Waals surface area contributed by atoms with Gasteiger partial charge >= 0.3 is 6.03 Å². The number of halogens is 1. The minimum atomic E-state index is -1.36. The summed E-state index contributed by atoms with van der Waals surface area (Å²) in [7, 11) is 0. The standard InChI is InChI=1S/C21H18FN3O5/c1-2-21(13-4-6-14(22)7-5-13)19(28)25(20(29)24-21)10-16(26)12-3-8-17-15(9-12)23-18(27)11-30-17/h3-9H,2,10-11H2,1H3,(H,23,27)(H,24,29)/t21-/m1/s1. The van der Waals surface area contributed by atoms with Gasteiger partial charge in [0.25, 0.3) is 11.8 Å². The summed E-state index contributed by atoms with van der Waals surface area (Å²) < 4.78 is 18.6. The van der Waals surface area contributed by atoms with Crippen molar-refractivity contribution in [2.24, 2.45) is 0 Å². The van der Waals surface area contributed by atoms with E-state index in [-0.39, 0.29) is 24.5 Å². The Morgan fingerprint density at radius 1 is 1.17 bits per heavy atom. The van der Waals surface area contributed by atoms with Crippen molar-refractivity contribution < 1.29 is 28.3 Å². The number of anilines is 1. The van der Waals surface area contributed by atoms with E-state index in [1.54, 1.807) is 13.0 Å². The molecule has 2 aliphatic heterocycles. The molecular weight excluding hydrogens is 393 g/mol. The van der Waals surface area contributed by atoms with E-state index in [0.717, 1.165) is 4.90 Å². The van der Waals surface area contributed by atoms with Crippen LogP contribution in [-0.2, 0) is 15.1 Å². The van der Waals surface area contributed by atoms with Gasteiger partial charge < -0.3 is 15.4 Å². The van der Waals surface area contributed by atoms with Gasteiger partial charge in [0, 0.05) is 5.56 Å². The van der Waals surface area contributed by atoms with E-state index in [4.69, 9.17) is 4.74 Å². The molecule has 2 heterocycles. The average molecular weight is 411 g/mol. The number of ether oxygens (including phenoxy) is 1. The fourth-order valence-corrected chi connectivity index (χ4v) is 3.63. The van der Waals surface area contributed by atoms with E-state index in [2.05, 4.69) is 10.6 Å². The van der Waals surface area contributed by atoms with E-state index < -0.39 is 35.6 Å². The van der Waals surface area contributed by atoms with Gasteiger partial charge in [0.1, 0.15) is 17.1 Å². The molecule has 1 saturated heterocycles. The Bertz CT molecular complexity index is 1070. The third kappa shape index (κ3) is 3.18. The highest BCUT2D eigenvalue weighted by Gasteiger charge is 2.51. The fourth-order valence-electron chi connectivity index (χ4n) is 3.63. The maximum Gasteiger partial charge on any atom is 0.325 e. The molecule has 9 heteroatoms. The van der Waals surface area contributed by atoms with Gasteiger partial charge in [0.05, 0.1) is 12.2 Å². The predicted octanol–water partition coefficient (Wildman–Crippen LogP) is 2.20. The minimum absolute atomic E-state index is 0.106. The number of amides is 4. The Morgan fingerprint density at radius 3 is 2.60 bits per heavy atom. The molecule has 2 aromatic rings.